The third-order valence-corrected chi connectivity index (χ3v) is 1.51. The molecule has 0 unspecified atom stereocenters. The van der Waals surface area contributed by atoms with E-state index in [1.807, 2.05) is 13.8 Å². The first-order valence-corrected chi connectivity index (χ1v) is 4.14. The van der Waals surface area contributed by atoms with Gasteiger partial charge in [-0.25, -0.2) is 9.97 Å². The summed E-state index contributed by atoms with van der Waals surface area (Å²) in [5.74, 6) is 1.07. The standard InChI is InChI=1S/C9H14N4/c1-7(2)3-4-12-9-8(10)11-5-6-13-9/h3,5-6H,4H2,1-2H3,(H2,10,11)(H,12,13). The zero-order valence-electron chi connectivity index (χ0n) is 7.91. The van der Waals surface area contributed by atoms with Crippen LogP contribution >= 0.6 is 0 Å². The van der Waals surface area contributed by atoms with Crippen LogP contribution in [0.1, 0.15) is 13.8 Å². The molecule has 0 fully saturated rings. The second-order valence-electron chi connectivity index (χ2n) is 2.95. The van der Waals surface area contributed by atoms with E-state index in [0.717, 1.165) is 6.54 Å². The van der Waals surface area contributed by atoms with Gasteiger partial charge in [-0.05, 0) is 13.8 Å². The van der Waals surface area contributed by atoms with Crippen LogP contribution in [0.25, 0.3) is 0 Å². The molecule has 1 aromatic heterocycles. The van der Waals surface area contributed by atoms with E-state index in [9.17, 15) is 0 Å². The Bertz CT molecular complexity index is 302. The van der Waals surface area contributed by atoms with Gasteiger partial charge in [-0.15, -0.1) is 0 Å². The number of aromatic nitrogens is 2. The number of anilines is 2. The molecule has 0 atom stereocenters. The van der Waals surface area contributed by atoms with E-state index in [1.54, 1.807) is 12.4 Å². The summed E-state index contributed by atoms with van der Waals surface area (Å²) >= 11 is 0. The lowest BCUT2D eigenvalue weighted by Gasteiger charge is -2.03. The third-order valence-electron chi connectivity index (χ3n) is 1.51. The van der Waals surface area contributed by atoms with E-state index in [0.29, 0.717) is 11.6 Å². The normalized spacial score (nSPS) is 9.38. The minimum absolute atomic E-state index is 0.435. The van der Waals surface area contributed by atoms with Gasteiger partial charge in [0.05, 0.1) is 0 Å². The Morgan fingerprint density at radius 1 is 1.46 bits per heavy atom. The predicted molar refractivity (Wildman–Crippen MR) is 54.4 cm³/mol. The van der Waals surface area contributed by atoms with Crippen LogP contribution in [-0.4, -0.2) is 16.5 Å². The van der Waals surface area contributed by atoms with Crippen LogP contribution in [0.2, 0.25) is 0 Å². The van der Waals surface area contributed by atoms with Crippen molar-refractivity contribution in [1.29, 1.82) is 0 Å². The van der Waals surface area contributed by atoms with Gasteiger partial charge in [0.1, 0.15) is 0 Å². The van der Waals surface area contributed by atoms with Crippen molar-refractivity contribution in [2.45, 2.75) is 13.8 Å². The lowest BCUT2D eigenvalue weighted by atomic mass is 10.3. The van der Waals surface area contributed by atoms with Gasteiger partial charge in [0, 0.05) is 18.9 Å². The molecule has 1 heterocycles. The van der Waals surface area contributed by atoms with Crippen molar-refractivity contribution in [3.05, 3.63) is 24.0 Å². The molecular formula is C9H14N4. The van der Waals surface area contributed by atoms with Crippen molar-refractivity contribution < 1.29 is 0 Å². The molecule has 0 amide bonds. The maximum atomic E-state index is 5.58. The maximum Gasteiger partial charge on any atom is 0.169 e. The van der Waals surface area contributed by atoms with Crippen LogP contribution in [-0.2, 0) is 0 Å². The third kappa shape index (κ3) is 3.11. The summed E-state index contributed by atoms with van der Waals surface area (Å²) in [6, 6.07) is 0. The molecule has 4 nitrogen and oxygen atoms in total. The molecule has 0 saturated heterocycles. The van der Waals surface area contributed by atoms with Crippen molar-refractivity contribution in [3.63, 3.8) is 0 Å². The number of rotatable bonds is 3. The number of nitrogens with two attached hydrogens (primary N) is 1. The van der Waals surface area contributed by atoms with Crippen molar-refractivity contribution in [2.24, 2.45) is 0 Å². The summed E-state index contributed by atoms with van der Waals surface area (Å²) in [5.41, 5.74) is 6.84. The largest absolute Gasteiger partial charge is 0.381 e. The van der Waals surface area contributed by atoms with Gasteiger partial charge in [0.25, 0.3) is 0 Å². The SMILES string of the molecule is CC(C)=CCNc1nccnc1N. The maximum absolute atomic E-state index is 5.58. The Hall–Kier alpha value is -1.58. The van der Waals surface area contributed by atoms with E-state index in [2.05, 4.69) is 21.4 Å². The topological polar surface area (TPSA) is 63.8 Å². The number of nitrogens with one attached hydrogen (secondary N) is 1. The fourth-order valence-electron chi connectivity index (χ4n) is 0.837. The van der Waals surface area contributed by atoms with E-state index < -0.39 is 0 Å². The minimum Gasteiger partial charge on any atom is -0.381 e. The minimum atomic E-state index is 0.435. The quantitative estimate of drug-likeness (QED) is 0.687. The highest BCUT2D eigenvalue weighted by Crippen LogP contribution is 2.08. The molecule has 4 heteroatoms. The average molecular weight is 178 g/mol. The van der Waals surface area contributed by atoms with Crippen molar-refractivity contribution in [1.82, 2.24) is 9.97 Å². The van der Waals surface area contributed by atoms with E-state index in [1.165, 1.54) is 5.57 Å². The monoisotopic (exact) mass is 178 g/mol. The van der Waals surface area contributed by atoms with Gasteiger partial charge in [-0.1, -0.05) is 11.6 Å². The Kier molecular flexibility index (Phi) is 3.25. The molecule has 0 saturated carbocycles. The molecule has 0 aliphatic heterocycles. The van der Waals surface area contributed by atoms with Gasteiger partial charge < -0.3 is 11.1 Å². The van der Waals surface area contributed by atoms with E-state index in [4.69, 9.17) is 5.73 Å². The average Bonchev–Trinajstić information content (AvgIpc) is 2.08. The van der Waals surface area contributed by atoms with Gasteiger partial charge >= 0.3 is 0 Å². The highest BCUT2D eigenvalue weighted by molar-refractivity contribution is 5.55. The lowest BCUT2D eigenvalue weighted by molar-refractivity contribution is 1.16. The fourth-order valence-corrected chi connectivity index (χ4v) is 0.837. The van der Waals surface area contributed by atoms with Crippen LogP contribution < -0.4 is 11.1 Å². The van der Waals surface area contributed by atoms with Crippen LogP contribution in [0.5, 0.6) is 0 Å². The van der Waals surface area contributed by atoms with Crippen LogP contribution in [0.15, 0.2) is 24.0 Å². The Labute approximate surface area is 77.9 Å². The molecule has 3 N–H and O–H groups in total. The highest BCUT2D eigenvalue weighted by Gasteiger charge is 1.96. The van der Waals surface area contributed by atoms with Crippen molar-refractivity contribution in [2.75, 3.05) is 17.6 Å². The second kappa shape index (κ2) is 4.45. The molecule has 0 aliphatic rings. The molecule has 0 spiro atoms. The Morgan fingerprint density at radius 2 is 2.15 bits per heavy atom. The van der Waals surface area contributed by atoms with Gasteiger partial charge in [-0.3, -0.25) is 0 Å². The zero-order valence-corrected chi connectivity index (χ0v) is 7.91. The smallest absolute Gasteiger partial charge is 0.169 e. The second-order valence-corrected chi connectivity index (χ2v) is 2.95. The fraction of sp³-hybridized carbons (Fsp3) is 0.333. The molecule has 1 aromatic rings. The number of nitrogens with zero attached hydrogens (tertiary/aromatic N) is 2. The van der Waals surface area contributed by atoms with E-state index >= 15 is 0 Å². The van der Waals surface area contributed by atoms with E-state index in [-0.39, 0.29) is 0 Å². The van der Waals surface area contributed by atoms with Gasteiger partial charge in [0.15, 0.2) is 11.6 Å². The van der Waals surface area contributed by atoms with Crippen molar-refractivity contribution >= 4 is 11.6 Å². The summed E-state index contributed by atoms with van der Waals surface area (Å²) in [6.07, 6.45) is 5.25. The summed E-state index contributed by atoms with van der Waals surface area (Å²) in [6.45, 7) is 4.81. The Morgan fingerprint density at radius 3 is 2.77 bits per heavy atom. The molecule has 0 radical (unpaired) electrons. The first-order valence-electron chi connectivity index (χ1n) is 4.14. The van der Waals surface area contributed by atoms with Gasteiger partial charge in [0.2, 0.25) is 0 Å². The summed E-state index contributed by atoms with van der Waals surface area (Å²) < 4.78 is 0. The van der Waals surface area contributed by atoms with Crippen molar-refractivity contribution in [3.8, 4) is 0 Å². The number of hydrogen-bond acceptors (Lipinski definition) is 4. The first kappa shape index (κ1) is 9.51. The Balaban J connectivity index is 2.55. The molecule has 13 heavy (non-hydrogen) atoms. The highest BCUT2D eigenvalue weighted by atomic mass is 15.0. The molecule has 0 aliphatic carbocycles. The number of allylic oxidation sites excluding steroid dienone is 1. The lowest BCUT2D eigenvalue weighted by Crippen LogP contribution is -2.05. The molecule has 0 bridgehead atoms. The molecule has 70 valence electrons. The molecule has 1 rings (SSSR count). The van der Waals surface area contributed by atoms with Crippen LogP contribution in [0, 0.1) is 0 Å². The zero-order chi connectivity index (χ0) is 9.68. The van der Waals surface area contributed by atoms with Crippen LogP contribution in [0.4, 0.5) is 11.6 Å². The van der Waals surface area contributed by atoms with Crippen LogP contribution in [0.3, 0.4) is 0 Å². The number of nitrogen functional groups attached to an aromatic ring is 1. The molecule has 0 aromatic carbocycles. The van der Waals surface area contributed by atoms with Gasteiger partial charge in [-0.2, -0.15) is 0 Å². The summed E-state index contributed by atoms with van der Waals surface area (Å²) in [7, 11) is 0. The summed E-state index contributed by atoms with van der Waals surface area (Å²) in [4.78, 5) is 7.96. The summed E-state index contributed by atoms with van der Waals surface area (Å²) in [5, 5.41) is 3.07. The first-order chi connectivity index (χ1) is 6.20. The molecular weight excluding hydrogens is 164 g/mol. The number of hydrogen-bond donors (Lipinski definition) is 2. The predicted octanol–water partition coefficient (Wildman–Crippen LogP) is 1.44.